The van der Waals surface area contributed by atoms with Gasteiger partial charge in [-0.25, -0.2) is 4.79 Å². The summed E-state index contributed by atoms with van der Waals surface area (Å²) >= 11 is 0. The Hall–Kier alpha value is -0.820. The average Bonchev–Trinajstić information content (AvgIpc) is 2.36. The Bertz CT molecular complexity index is 381. The maximum absolute atomic E-state index is 11.3. The number of hydrogen-bond donors (Lipinski definition) is 2. The highest BCUT2D eigenvalue weighted by Crippen LogP contribution is 2.14. The van der Waals surface area contributed by atoms with Gasteiger partial charge in [-0.05, 0) is 31.9 Å². The van der Waals surface area contributed by atoms with Crippen LogP contribution in [0.3, 0.4) is 0 Å². The molecule has 0 unspecified atom stereocenters. The lowest BCUT2D eigenvalue weighted by Crippen LogP contribution is -3.00. The lowest BCUT2D eigenvalue weighted by Gasteiger charge is -2.11. The van der Waals surface area contributed by atoms with Crippen LogP contribution in [-0.4, -0.2) is 18.7 Å². The Morgan fingerprint density at radius 3 is 2.58 bits per heavy atom. The second-order valence-corrected chi connectivity index (χ2v) is 4.24. The van der Waals surface area contributed by atoms with Gasteiger partial charge in [0.25, 0.3) is 0 Å². The summed E-state index contributed by atoms with van der Waals surface area (Å²) in [5, 5.41) is 4.83. The van der Waals surface area contributed by atoms with Crippen molar-refractivity contribution in [2.75, 3.05) is 6.54 Å². The van der Waals surface area contributed by atoms with Crippen molar-refractivity contribution in [1.82, 2.24) is 5.32 Å². The molecule has 0 atom stereocenters. The molecule has 108 valence electrons. The van der Waals surface area contributed by atoms with Gasteiger partial charge in [0.2, 0.25) is 0 Å². The second kappa shape index (κ2) is 10.0. The highest BCUT2D eigenvalue weighted by atomic mass is 127. The summed E-state index contributed by atoms with van der Waals surface area (Å²) in [5.74, 6) is 0.584. The summed E-state index contributed by atoms with van der Waals surface area (Å²) < 4.78 is 5.17. The minimum atomic E-state index is -0.405. The molecule has 1 aromatic carbocycles. The van der Waals surface area contributed by atoms with E-state index >= 15 is 0 Å². The van der Waals surface area contributed by atoms with E-state index in [2.05, 4.69) is 24.5 Å². The Balaban J connectivity index is 0.00000324. The maximum Gasteiger partial charge on any atom is 0.412 e. The number of carbonyl (C=O) groups is 1. The van der Waals surface area contributed by atoms with E-state index in [1.807, 2.05) is 25.1 Å². The third kappa shape index (κ3) is 6.77. The minimum absolute atomic E-state index is 0. The van der Waals surface area contributed by atoms with Gasteiger partial charge in [0.1, 0.15) is 11.4 Å². The molecule has 0 saturated heterocycles. The zero-order valence-corrected chi connectivity index (χ0v) is 13.9. The lowest BCUT2D eigenvalue weighted by molar-refractivity contribution is -0.611. The Kier molecular flexibility index (Phi) is 9.59. The molecule has 0 aliphatic heterocycles. The molecule has 0 spiro atoms. The fraction of sp³-hybridized carbons (Fsp3) is 0.500. The predicted molar refractivity (Wildman–Crippen MR) is 72.1 cm³/mol. The Morgan fingerprint density at radius 2 is 2.00 bits per heavy atom. The number of nitrogens with two attached hydrogens (primary N) is 1. The van der Waals surface area contributed by atoms with Crippen LogP contribution in [0.4, 0.5) is 10.5 Å². The van der Waals surface area contributed by atoms with Crippen molar-refractivity contribution < 1.29 is 38.8 Å². The van der Waals surface area contributed by atoms with Crippen LogP contribution in [0.5, 0.6) is 5.75 Å². The van der Waals surface area contributed by atoms with Crippen molar-refractivity contribution in [1.29, 1.82) is 0 Å². The van der Waals surface area contributed by atoms with Gasteiger partial charge < -0.3 is 39.3 Å². The number of rotatable bonds is 6. The summed E-state index contributed by atoms with van der Waals surface area (Å²) in [6.45, 7) is 6.79. The van der Waals surface area contributed by atoms with Crippen LogP contribution in [-0.2, 0) is 0 Å². The monoisotopic (exact) mass is 378 g/mol. The maximum atomic E-state index is 11.3. The van der Waals surface area contributed by atoms with Gasteiger partial charge in [-0.2, -0.15) is 0 Å². The van der Waals surface area contributed by atoms with Crippen LogP contribution < -0.4 is 39.3 Å². The number of amides is 1. The van der Waals surface area contributed by atoms with Gasteiger partial charge >= 0.3 is 6.09 Å². The normalized spacial score (nSPS) is 9.89. The van der Waals surface area contributed by atoms with Gasteiger partial charge in [0.05, 0.1) is 6.04 Å². The molecule has 0 radical (unpaired) electrons. The predicted octanol–water partition coefficient (Wildman–Crippen LogP) is -0.818. The second-order valence-electron chi connectivity index (χ2n) is 4.24. The van der Waals surface area contributed by atoms with Crippen molar-refractivity contribution >= 4 is 11.8 Å². The number of ether oxygens (including phenoxy) is 1. The first-order valence-corrected chi connectivity index (χ1v) is 6.60. The largest absolute Gasteiger partial charge is 1.00 e. The topological polar surface area (TPSA) is 54.9 Å². The zero-order valence-electron chi connectivity index (χ0n) is 11.8. The molecule has 0 aliphatic carbocycles. The van der Waals surface area contributed by atoms with Crippen LogP contribution in [0.2, 0.25) is 0 Å². The molecule has 1 rings (SSSR count). The van der Waals surface area contributed by atoms with Gasteiger partial charge in [0, 0.05) is 12.6 Å². The highest BCUT2D eigenvalue weighted by Gasteiger charge is 2.09. The summed E-state index contributed by atoms with van der Waals surface area (Å²) in [6.07, 6.45) is 1.84. The summed E-state index contributed by atoms with van der Waals surface area (Å²) in [4.78, 5) is 11.3. The first kappa shape index (κ1) is 18.2. The molecule has 1 amide bonds. The van der Waals surface area contributed by atoms with Gasteiger partial charge in [-0.3, -0.25) is 0 Å². The Morgan fingerprint density at radius 1 is 1.32 bits per heavy atom. The van der Waals surface area contributed by atoms with E-state index in [9.17, 15) is 4.79 Å². The molecule has 1 aromatic rings. The quantitative estimate of drug-likeness (QED) is 0.502. The van der Waals surface area contributed by atoms with E-state index in [0.717, 1.165) is 18.5 Å². The molecule has 5 heteroatoms. The molecule has 0 aromatic heterocycles. The van der Waals surface area contributed by atoms with E-state index < -0.39 is 6.09 Å². The number of halogens is 1. The van der Waals surface area contributed by atoms with Gasteiger partial charge in [-0.15, -0.1) is 0 Å². The fourth-order valence-corrected chi connectivity index (χ4v) is 1.77. The molecule has 4 nitrogen and oxygen atoms in total. The third-order valence-corrected chi connectivity index (χ3v) is 2.87. The first-order valence-electron chi connectivity index (χ1n) is 6.60. The van der Waals surface area contributed by atoms with Crippen LogP contribution in [0.25, 0.3) is 0 Å². The standard InChI is InChI=1S/C14H22N2O2.HI/c1-4-11(5-2)16-12-8-7-9-13(10-12)18-14(17)15-6-3;/h7-11,16H,4-6H2,1-3H3,(H,15,17);1H. The lowest BCUT2D eigenvalue weighted by atomic mass is 10.1. The first-order chi connectivity index (χ1) is 8.69. The van der Waals surface area contributed by atoms with Gasteiger partial charge in [0.15, 0.2) is 0 Å². The van der Waals surface area contributed by atoms with Crippen molar-refractivity contribution in [3.8, 4) is 5.75 Å². The van der Waals surface area contributed by atoms with Crippen molar-refractivity contribution in [2.24, 2.45) is 0 Å². The van der Waals surface area contributed by atoms with Crippen LogP contribution in [0.15, 0.2) is 24.3 Å². The summed E-state index contributed by atoms with van der Waals surface area (Å²) in [5.41, 5.74) is 1.10. The van der Waals surface area contributed by atoms with Crippen molar-refractivity contribution in [3.63, 3.8) is 0 Å². The molecular formula is C14H23IN2O2. The van der Waals surface area contributed by atoms with Crippen molar-refractivity contribution in [3.05, 3.63) is 24.3 Å². The number of quaternary nitrogens is 1. The van der Waals surface area contributed by atoms with Crippen LogP contribution in [0.1, 0.15) is 33.6 Å². The van der Waals surface area contributed by atoms with Crippen molar-refractivity contribution in [2.45, 2.75) is 39.7 Å². The molecule has 0 fully saturated rings. The number of hydrogen-bond acceptors (Lipinski definition) is 2. The van der Waals surface area contributed by atoms with E-state index in [-0.39, 0.29) is 24.0 Å². The summed E-state index contributed by atoms with van der Waals surface area (Å²) in [7, 11) is 0. The third-order valence-electron chi connectivity index (χ3n) is 2.87. The number of carbonyl (C=O) groups excluding carboxylic acids is 1. The number of benzene rings is 1. The van der Waals surface area contributed by atoms with Crippen LogP contribution >= 0.6 is 0 Å². The van der Waals surface area contributed by atoms with Gasteiger partial charge in [-0.1, -0.05) is 19.9 Å². The van der Waals surface area contributed by atoms with E-state index in [0.29, 0.717) is 18.3 Å². The minimum Gasteiger partial charge on any atom is -1.00 e. The smallest absolute Gasteiger partial charge is 0.412 e. The molecule has 19 heavy (non-hydrogen) atoms. The SMILES string of the molecule is CCNC(=O)Oc1cccc([NH2+]C(CC)CC)c1.[I-]. The Labute approximate surface area is 132 Å². The number of nitrogens with one attached hydrogen (secondary N) is 1. The molecule has 0 heterocycles. The summed E-state index contributed by atoms with van der Waals surface area (Å²) in [6, 6.07) is 8.20. The van der Waals surface area contributed by atoms with E-state index in [1.165, 1.54) is 0 Å². The van der Waals surface area contributed by atoms with Crippen LogP contribution in [0, 0.1) is 0 Å². The molecule has 0 bridgehead atoms. The molecule has 3 N–H and O–H groups in total. The highest BCUT2D eigenvalue weighted by molar-refractivity contribution is 5.70. The zero-order chi connectivity index (χ0) is 13.4. The van der Waals surface area contributed by atoms with E-state index in [4.69, 9.17) is 4.74 Å². The molecule has 0 saturated carbocycles. The average molecular weight is 378 g/mol. The molecular weight excluding hydrogens is 355 g/mol. The van der Waals surface area contributed by atoms with E-state index in [1.54, 1.807) is 6.07 Å². The molecule has 0 aliphatic rings. The fourth-order valence-electron chi connectivity index (χ4n) is 1.77.